The van der Waals surface area contributed by atoms with Crippen LogP contribution in [0.1, 0.15) is 26.9 Å². The van der Waals surface area contributed by atoms with Crippen molar-refractivity contribution in [2.45, 2.75) is 11.9 Å². The number of morpholine rings is 1. The number of thioether (sulfide) groups is 1. The summed E-state index contributed by atoms with van der Waals surface area (Å²) in [4.78, 5) is 29.5. The first-order valence-electron chi connectivity index (χ1n) is 11.6. The number of anilines is 2. The van der Waals surface area contributed by atoms with Crippen LogP contribution in [0.2, 0.25) is 5.02 Å². The predicted molar refractivity (Wildman–Crippen MR) is 141 cm³/mol. The molecule has 0 saturated carbocycles. The van der Waals surface area contributed by atoms with Gasteiger partial charge in [0, 0.05) is 41.6 Å². The summed E-state index contributed by atoms with van der Waals surface area (Å²) < 4.78 is 5.41. The molecule has 6 nitrogen and oxygen atoms in total. The Labute approximate surface area is 214 Å². The lowest BCUT2D eigenvalue weighted by Gasteiger charge is -2.28. The fourth-order valence-electron chi connectivity index (χ4n) is 4.27. The lowest BCUT2D eigenvalue weighted by Crippen LogP contribution is -2.36. The van der Waals surface area contributed by atoms with Crippen LogP contribution < -0.4 is 10.2 Å². The van der Waals surface area contributed by atoms with Crippen molar-refractivity contribution in [3.05, 3.63) is 94.5 Å². The summed E-state index contributed by atoms with van der Waals surface area (Å²) in [5.74, 6) is 0.391. The molecule has 5 rings (SSSR count). The van der Waals surface area contributed by atoms with Crippen LogP contribution >= 0.6 is 23.4 Å². The second-order valence-corrected chi connectivity index (χ2v) is 10.0. The number of carbonyl (C=O) groups excluding carboxylic acids is 2. The minimum Gasteiger partial charge on any atom is -0.378 e. The zero-order valence-electron chi connectivity index (χ0n) is 19.2. The molecule has 0 aliphatic carbocycles. The molecule has 1 N–H and O–H groups in total. The smallest absolute Gasteiger partial charge is 0.255 e. The van der Waals surface area contributed by atoms with Crippen molar-refractivity contribution in [1.29, 1.82) is 0 Å². The summed E-state index contributed by atoms with van der Waals surface area (Å²) in [6.07, 6.45) is 0. The second kappa shape index (κ2) is 10.7. The molecule has 180 valence electrons. The standard InChI is InChI=1S/C27H26ClN3O3S/c28-22-7-1-19(2-8-22)17-31-25(32)18-35-27(31)21-5-3-20(4-6-21)26(33)29-23-9-11-24(12-10-23)30-13-15-34-16-14-30/h1-12,27H,13-18H2,(H,29,33). The van der Waals surface area contributed by atoms with Crippen molar-refractivity contribution >= 4 is 46.6 Å². The van der Waals surface area contributed by atoms with Crippen LogP contribution in [0.4, 0.5) is 11.4 Å². The first kappa shape index (κ1) is 23.7. The Kier molecular flexibility index (Phi) is 7.27. The molecule has 2 aliphatic rings. The first-order chi connectivity index (χ1) is 17.1. The second-order valence-electron chi connectivity index (χ2n) is 8.53. The normalized spacial score (nSPS) is 18.1. The number of benzene rings is 3. The molecule has 3 aromatic carbocycles. The number of nitrogens with zero attached hydrogens (tertiary/aromatic N) is 2. The summed E-state index contributed by atoms with van der Waals surface area (Å²) in [6.45, 7) is 3.75. The van der Waals surface area contributed by atoms with Gasteiger partial charge in [0.15, 0.2) is 0 Å². The number of rotatable bonds is 6. The number of nitrogens with one attached hydrogen (secondary N) is 1. The molecule has 1 atom stereocenters. The Hall–Kier alpha value is -3.00. The van der Waals surface area contributed by atoms with Crippen LogP contribution in [0.5, 0.6) is 0 Å². The molecule has 2 aliphatic heterocycles. The number of carbonyl (C=O) groups is 2. The molecule has 0 spiro atoms. The van der Waals surface area contributed by atoms with E-state index in [9.17, 15) is 9.59 Å². The van der Waals surface area contributed by atoms with Crippen molar-refractivity contribution in [2.75, 3.05) is 42.3 Å². The number of ether oxygens (including phenoxy) is 1. The van der Waals surface area contributed by atoms with E-state index >= 15 is 0 Å². The van der Waals surface area contributed by atoms with Gasteiger partial charge in [-0.25, -0.2) is 0 Å². The molecule has 3 aromatic rings. The minimum absolute atomic E-state index is 0.0805. The lowest BCUT2D eigenvalue weighted by molar-refractivity contribution is -0.128. The van der Waals surface area contributed by atoms with E-state index in [0.29, 0.717) is 22.9 Å². The fraction of sp³-hybridized carbons (Fsp3) is 0.259. The number of hydrogen-bond acceptors (Lipinski definition) is 5. The Morgan fingerprint density at radius 1 is 0.971 bits per heavy atom. The summed E-state index contributed by atoms with van der Waals surface area (Å²) in [5.41, 5.74) is 4.49. The Bertz CT molecular complexity index is 1180. The van der Waals surface area contributed by atoms with E-state index in [1.807, 2.05) is 77.7 Å². The van der Waals surface area contributed by atoms with Crippen molar-refractivity contribution in [3.8, 4) is 0 Å². The molecule has 0 radical (unpaired) electrons. The third-order valence-electron chi connectivity index (χ3n) is 6.19. The summed E-state index contributed by atoms with van der Waals surface area (Å²) in [6, 6.07) is 22.9. The van der Waals surface area contributed by atoms with Crippen LogP contribution in [0.15, 0.2) is 72.8 Å². The van der Waals surface area contributed by atoms with E-state index in [2.05, 4.69) is 10.2 Å². The molecule has 2 fully saturated rings. The Morgan fingerprint density at radius 2 is 1.66 bits per heavy atom. The zero-order chi connectivity index (χ0) is 24.2. The summed E-state index contributed by atoms with van der Waals surface area (Å²) in [5, 5.41) is 3.56. The summed E-state index contributed by atoms with van der Waals surface area (Å²) in [7, 11) is 0. The third kappa shape index (κ3) is 5.64. The molecule has 1 unspecified atom stereocenters. The largest absolute Gasteiger partial charge is 0.378 e. The van der Waals surface area contributed by atoms with Gasteiger partial charge < -0.3 is 19.9 Å². The van der Waals surface area contributed by atoms with Gasteiger partial charge in [-0.2, -0.15) is 0 Å². The zero-order valence-corrected chi connectivity index (χ0v) is 20.7. The lowest BCUT2D eigenvalue weighted by atomic mass is 10.1. The maximum absolute atomic E-state index is 12.8. The van der Waals surface area contributed by atoms with E-state index in [0.717, 1.165) is 48.8 Å². The molecule has 2 amide bonds. The van der Waals surface area contributed by atoms with Gasteiger partial charge in [-0.3, -0.25) is 9.59 Å². The number of halogens is 1. The average molecular weight is 508 g/mol. The van der Waals surface area contributed by atoms with Gasteiger partial charge in [-0.15, -0.1) is 11.8 Å². The SMILES string of the molecule is O=C(Nc1ccc(N2CCOCC2)cc1)c1ccc(C2SCC(=O)N2Cc2ccc(Cl)cc2)cc1. The first-order valence-corrected chi connectivity index (χ1v) is 13.0. The van der Waals surface area contributed by atoms with Crippen molar-refractivity contribution < 1.29 is 14.3 Å². The highest BCUT2D eigenvalue weighted by Gasteiger charge is 2.32. The van der Waals surface area contributed by atoms with Gasteiger partial charge in [0.05, 0.1) is 19.0 Å². The van der Waals surface area contributed by atoms with Gasteiger partial charge in [0.2, 0.25) is 5.91 Å². The van der Waals surface area contributed by atoms with Crippen LogP contribution in [0.3, 0.4) is 0 Å². The predicted octanol–water partition coefficient (Wildman–Crippen LogP) is 5.20. The van der Waals surface area contributed by atoms with Crippen LogP contribution in [0, 0.1) is 0 Å². The van der Waals surface area contributed by atoms with Crippen molar-refractivity contribution in [3.63, 3.8) is 0 Å². The van der Waals surface area contributed by atoms with E-state index in [-0.39, 0.29) is 17.2 Å². The molecule has 35 heavy (non-hydrogen) atoms. The quantitative estimate of drug-likeness (QED) is 0.496. The van der Waals surface area contributed by atoms with Crippen LogP contribution in [-0.2, 0) is 16.1 Å². The fourth-order valence-corrected chi connectivity index (χ4v) is 5.58. The molecular formula is C27H26ClN3O3S. The molecule has 0 aromatic heterocycles. The Balaban J connectivity index is 1.22. The molecular weight excluding hydrogens is 482 g/mol. The highest BCUT2D eigenvalue weighted by Crippen LogP contribution is 2.39. The Morgan fingerprint density at radius 3 is 2.34 bits per heavy atom. The monoisotopic (exact) mass is 507 g/mol. The van der Waals surface area contributed by atoms with Gasteiger partial charge in [-0.05, 0) is 59.7 Å². The minimum atomic E-state index is -0.163. The molecule has 8 heteroatoms. The van der Waals surface area contributed by atoms with Crippen LogP contribution in [-0.4, -0.2) is 48.8 Å². The van der Waals surface area contributed by atoms with Crippen molar-refractivity contribution in [2.24, 2.45) is 0 Å². The van der Waals surface area contributed by atoms with E-state index in [4.69, 9.17) is 16.3 Å². The van der Waals surface area contributed by atoms with Gasteiger partial charge in [-0.1, -0.05) is 35.9 Å². The molecule has 2 heterocycles. The number of hydrogen-bond donors (Lipinski definition) is 1. The van der Waals surface area contributed by atoms with E-state index < -0.39 is 0 Å². The maximum atomic E-state index is 12.8. The third-order valence-corrected chi connectivity index (χ3v) is 7.70. The average Bonchev–Trinajstić information content (AvgIpc) is 3.26. The summed E-state index contributed by atoms with van der Waals surface area (Å²) >= 11 is 7.59. The van der Waals surface area contributed by atoms with Crippen LogP contribution in [0.25, 0.3) is 0 Å². The molecule has 0 bridgehead atoms. The topological polar surface area (TPSA) is 61.9 Å². The highest BCUT2D eigenvalue weighted by molar-refractivity contribution is 8.00. The van der Waals surface area contributed by atoms with Crippen molar-refractivity contribution in [1.82, 2.24) is 4.90 Å². The van der Waals surface area contributed by atoms with Gasteiger partial charge in [0.1, 0.15) is 5.37 Å². The number of amides is 2. The molecule has 2 saturated heterocycles. The van der Waals surface area contributed by atoms with Gasteiger partial charge in [0.25, 0.3) is 5.91 Å². The maximum Gasteiger partial charge on any atom is 0.255 e. The van der Waals surface area contributed by atoms with E-state index in [1.54, 1.807) is 11.8 Å². The van der Waals surface area contributed by atoms with E-state index in [1.165, 1.54) is 0 Å². The highest BCUT2D eigenvalue weighted by atomic mass is 35.5. The van der Waals surface area contributed by atoms with Gasteiger partial charge >= 0.3 is 0 Å².